The lowest BCUT2D eigenvalue weighted by Gasteiger charge is -2.40. The number of aliphatic carboxylic acids is 1. The summed E-state index contributed by atoms with van der Waals surface area (Å²) in [6, 6.07) is 7.51. The van der Waals surface area contributed by atoms with Crippen molar-refractivity contribution >= 4 is 17.6 Å². The maximum atomic E-state index is 13.6. The summed E-state index contributed by atoms with van der Waals surface area (Å²) < 4.78 is 18.8. The van der Waals surface area contributed by atoms with Gasteiger partial charge in [0.25, 0.3) is 5.97 Å². The van der Waals surface area contributed by atoms with E-state index in [2.05, 4.69) is 22.0 Å². The summed E-state index contributed by atoms with van der Waals surface area (Å²) in [5, 5.41) is 15.1. The molecule has 1 saturated heterocycles. The molecule has 2 N–H and O–H groups in total. The fourth-order valence-electron chi connectivity index (χ4n) is 2.37. The molecule has 0 atom stereocenters. The summed E-state index contributed by atoms with van der Waals surface area (Å²) in [7, 11) is 0. The minimum absolute atomic E-state index is 0.341. The maximum Gasteiger partial charge on any atom is 0.300 e. The first-order valence-corrected chi connectivity index (χ1v) is 8.00. The third-order valence-electron chi connectivity index (χ3n) is 3.81. The van der Waals surface area contributed by atoms with Crippen molar-refractivity contribution in [3.05, 3.63) is 59.0 Å². The number of hydrogen-bond donors (Lipinski definition) is 2. The van der Waals surface area contributed by atoms with Crippen LogP contribution < -0.4 is 5.32 Å². The van der Waals surface area contributed by atoms with Gasteiger partial charge in [0.1, 0.15) is 5.83 Å². The Morgan fingerprint density at radius 3 is 2.64 bits per heavy atom. The van der Waals surface area contributed by atoms with E-state index in [0.717, 1.165) is 12.5 Å². The van der Waals surface area contributed by atoms with Gasteiger partial charge in [0, 0.05) is 37.9 Å². The Bertz CT molecular complexity index is 755. The Morgan fingerprint density at radius 2 is 2.12 bits per heavy atom. The summed E-state index contributed by atoms with van der Waals surface area (Å²) in [6.45, 7) is 5.59. The number of carboxylic acid groups (broad SMARTS) is 1. The highest BCUT2D eigenvalue weighted by Crippen LogP contribution is 2.35. The number of nitrogens with zero attached hydrogens (tertiary/aromatic N) is 2. The van der Waals surface area contributed by atoms with Crippen LogP contribution in [0.1, 0.15) is 24.2 Å². The number of rotatable bonds is 5. The van der Waals surface area contributed by atoms with Gasteiger partial charge in [-0.25, -0.2) is 4.39 Å². The van der Waals surface area contributed by atoms with Gasteiger partial charge in [-0.2, -0.15) is 4.98 Å². The molecule has 1 aromatic heterocycles. The van der Waals surface area contributed by atoms with Crippen molar-refractivity contribution in [3.63, 3.8) is 0 Å². The molecule has 3 rings (SSSR count). The van der Waals surface area contributed by atoms with Gasteiger partial charge in [-0.3, -0.25) is 4.79 Å². The maximum absolute atomic E-state index is 13.6. The minimum Gasteiger partial charge on any atom is -0.481 e. The first kappa shape index (κ1) is 19.1. The molecule has 8 heteroatoms. The third kappa shape index (κ3) is 5.11. The Kier molecular flexibility index (Phi) is 6.27. The smallest absolute Gasteiger partial charge is 0.300 e. The van der Waals surface area contributed by atoms with Crippen LogP contribution >= 0.6 is 11.6 Å². The lowest BCUT2D eigenvalue weighted by molar-refractivity contribution is -0.134. The van der Waals surface area contributed by atoms with Crippen LogP contribution in [0.2, 0.25) is 5.02 Å². The van der Waals surface area contributed by atoms with Crippen molar-refractivity contribution in [3.8, 4) is 0 Å². The van der Waals surface area contributed by atoms with Crippen molar-refractivity contribution in [1.29, 1.82) is 0 Å². The number of nitrogens with one attached hydrogen (secondary N) is 1. The molecule has 0 amide bonds. The quantitative estimate of drug-likeness (QED) is 0.844. The predicted octanol–water partition coefficient (Wildman–Crippen LogP) is 3.02. The number of carboxylic acids is 1. The summed E-state index contributed by atoms with van der Waals surface area (Å²) in [5.41, 5.74) is 0.329. The van der Waals surface area contributed by atoms with Crippen molar-refractivity contribution in [2.24, 2.45) is 5.41 Å². The van der Waals surface area contributed by atoms with Gasteiger partial charge < -0.3 is 14.9 Å². The van der Waals surface area contributed by atoms with Gasteiger partial charge in [0.05, 0.1) is 5.41 Å². The SMILES string of the molecule is C=C(F)C1(Cc2nc(Cc3ccccc3Cl)no2)CNC1.CC(=O)O. The predicted molar refractivity (Wildman–Crippen MR) is 91.1 cm³/mol. The molecular weight excluding hydrogens is 349 g/mol. The topological polar surface area (TPSA) is 88.3 Å². The molecule has 0 spiro atoms. The summed E-state index contributed by atoms with van der Waals surface area (Å²) in [6.07, 6.45) is 0.857. The molecule has 0 aliphatic carbocycles. The van der Waals surface area contributed by atoms with Crippen LogP contribution in [0.15, 0.2) is 41.2 Å². The molecule has 0 bridgehead atoms. The zero-order valence-electron chi connectivity index (χ0n) is 13.8. The van der Waals surface area contributed by atoms with E-state index in [-0.39, 0.29) is 5.83 Å². The van der Waals surface area contributed by atoms with Gasteiger partial charge in [-0.1, -0.05) is 41.5 Å². The lowest BCUT2D eigenvalue weighted by atomic mass is 9.78. The van der Waals surface area contributed by atoms with Crippen LogP contribution in [0, 0.1) is 5.41 Å². The van der Waals surface area contributed by atoms with Crippen LogP contribution in [0.25, 0.3) is 0 Å². The van der Waals surface area contributed by atoms with Gasteiger partial charge in [-0.15, -0.1) is 0 Å². The second-order valence-electron chi connectivity index (χ2n) is 5.86. The molecule has 6 nitrogen and oxygen atoms in total. The van der Waals surface area contributed by atoms with Gasteiger partial charge in [0.2, 0.25) is 5.89 Å². The molecule has 1 aliphatic heterocycles. The molecule has 0 saturated carbocycles. The number of aromatic nitrogens is 2. The number of halogens is 2. The highest BCUT2D eigenvalue weighted by molar-refractivity contribution is 6.31. The highest BCUT2D eigenvalue weighted by atomic mass is 35.5. The van der Waals surface area contributed by atoms with Crippen molar-refractivity contribution in [1.82, 2.24) is 15.5 Å². The molecule has 1 aromatic carbocycles. The Morgan fingerprint density at radius 1 is 1.48 bits per heavy atom. The van der Waals surface area contributed by atoms with Crippen LogP contribution in [0.4, 0.5) is 4.39 Å². The Labute approximate surface area is 149 Å². The molecule has 2 heterocycles. The van der Waals surface area contributed by atoms with Crippen molar-refractivity contribution < 1.29 is 18.8 Å². The van der Waals surface area contributed by atoms with E-state index >= 15 is 0 Å². The van der Waals surface area contributed by atoms with E-state index in [1.54, 1.807) is 0 Å². The third-order valence-corrected chi connectivity index (χ3v) is 4.18. The van der Waals surface area contributed by atoms with E-state index in [0.29, 0.717) is 42.7 Å². The Hall–Kier alpha value is -2.25. The number of benzene rings is 1. The fourth-order valence-corrected chi connectivity index (χ4v) is 2.58. The number of hydrogen-bond acceptors (Lipinski definition) is 5. The van der Waals surface area contributed by atoms with Crippen molar-refractivity contribution in [2.45, 2.75) is 19.8 Å². The van der Waals surface area contributed by atoms with E-state index in [1.807, 2.05) is 24.3 Å². The average molecular weight is 368 g/mol. The minimum atomic E-state index is -0.833. The average Bonchev–Trinajstić information content (AvgIpc) is 2.91. The second kappa shape index (κ2) is 8.22. The van der Waals surface area contributed by atoms with Crippen molar-refractivity contribution in [2.75, 3.05) is 13.1 Å². The lowest BCUT2D eigenvalue weighted by Crippen LogP contribution is -2.55. The zero-order chi connectivity index (χ0) is 18.4. The standard InChI is InChI=1S/C15H15ClFN3O.C2H4O2/c1-10(17)15(8-18-9-15)7-14-19-13(20-21-14)6-11-4-2-3-5-12(11)16;1-2(3)4/h2-5,18H,1,6-9H2;1H3,(H,3,4). The molecule has 134 valence electrons. The first-order chi connectivity index (χ1) is 11.8. The molecule has 0 unspecified atom stereocenters. The summed E-state index contributed by atoms with van der Waals surface area (Å²) >= 11 is 6.10. The highest BCUT2D eigenvalue weighted by Gasteiger charge is 2.42. The normalized spacial score (nSPS) is 14.8. The molecule has 25 heavy (non-hydrogen) atoms. The van der Waals surface area contributed by atoms with Crippen LogP contribution in [0.3, 0.4) is 0 Å². The molecular formula is C17H19ClFN3O3. The zero-order valence-corrected chi connectivity index (χ0v) is 14.5. The molecule has 1 aliphatic rings. The van der Waals surface area contributed by atoms with Gasteiger partial charge in [0.15, 0.2) is 5.82 Å². The van der Waals surface area contributed by atoms with Gasteiger partial charge >= 0.3 is 0 Å². The van der Waals surface area contributed by atoms with E-state index in [1.165, 1.54) is 0 Å². The monoisotopic (exact) mass is 367 g/mol. The van der Waals surface area contributed by atoms with Crippen LogP contribution in [-0.2, 0) is 17.6 Å². The fraction of sp³-hybridized carbons (Fsp3) is 0.353. The summed E-state index contributed by atoms with van der Waals surface area (Å²) in [5.74, 6) is -0.200. The number of carbonyl (C=O) groups is 1. The molecule has 1 fully saturated rings. The largest absolute Gasteiger partial charge is 0.481 e. The van der Waals surface area contributed by atoms with Gasteiger partial charge in [-0.05, 0) is 11.6 Å². The van der Waals surface area contributed by atoms with E-state index in [9.17, 15) is 4.39 Å². The second-order valence-corrected chi connectivity index (χ2v) is 6.26. The van der Waals surface area contributed by atoms with Crippen LogP contribution in [-0.4, -0.2) is 34.3 Å². The molecule has 2 aromatic rings. The first-order valence-electron chi connectivity index (χ1n) is 7.62. The van der Waals surface area contributed by atoms with E-state index in [4.69, 9.17) is 26.0 Å². The summed E-state index contributed by atoms with van der Waals surface area (Å²) in [4.78, 5) is 13.3. The molecule has 0 radical (unpaired) electrons. The van der Waals surface area contributed by atoms with E-state index < -0.39 is 11.4 Å². The van der Waals surface area contributed by atoms with Crippen LogP contribution in [0.5, 0.6) is 0 Å². The Balaban J connectivity index is 0.000000511.